The Hall–Kier alpha value is -1.31. The fraction of sp³-hybridized carbons (Fsp3) is 0.417. The molecule has 1 rings (SSSR count). The van der Waals surface area contributed by atoms with Crippen LogP contribution in [0.1, 0.15) is 16.8 Å². The van der Waals surface area contributed by atoms with Crippen molar-refractivity contribution in [1.29, 1.82) is 0 Å². The van der Waals surface area contributed by atoms with Gasteiger partial charge in [0.05, 0.1) is 18.9 Å². The predicted octanol–water partition coefficient (Wildman–Crippen LogP) is 1.17. The van der Waals surface area contributed by atoms with Crippen LogP contribution in [0.15, 0.2) is 24.3 Å². The van der Waals surface area contributed by atoms with Crippen molar-refractivity contribution in [3.63, 3.8) is 0 Å². The zero-order valence-corrected chi connectivity index (χ0v) is 12.6. The molecular weight excluding hydrogens is 304 g/mol. The SMILES string of the molecule is CS(=O)(=O)OCC(CCCl)Nc1ccc(C(N)=O)cc1. The number of halogens is 1. The summed E-state index contributed by atoms with van der Waals surface area (Å²) in [5.74, 6) is -0.140. The Labute approximate surface area is 123 Å². The van der Waals surface area contributed by atoms with Gasteiger partial charge in [-0.15, -0.1) is 11.6 Å². The van der Waals surface area contributed by atoms with Gasteiger partial charge in [0, 0.05) is 17.1 Å². The number of alkyl halides is 1. The highest BCUT2D eigenvalue weighted by atomic mass is 35.5. The van der Waals surface area contributed by atoms with Crippen molar-refractivity contribution in [1.82, 2.24) is 0 Å². The third kappa shape index (κ3) is 6.23. The normalized spacial score (nSPS) is 12.9. The van der Waals surface area contributed by atoms with E-state index in [2.05, 4.69) is 5.32 Å². The number of anilines is 1. The van der Waals surface area contributed by atoms with E-state index in [4.69, 9.17) is 21.5 Å². The zero-order chi connectivity index (χ0) is 15.2. The van der Waals surface area contributed by atoms with Gasteiger partial charge in [-0.25, -0.2) is 0 Å². The van der Waals surface area contributed by atoms with E-state index in [1.165, 1.54) is 0 Å². The number of benzene rings is 1. The summed E-state index contributed by atoms with van der Waals surface area (Å²) in [4.78, 5) is 10.9. The van der Waals surface area contributed by atoms with Crippen molar-refractivity contribution in [2.75, 3.05) is 24.1 Å². The maximum absolute atomic E-state index is 11.0. The van der Waals surface area contributed by atoms with Crippen LogP contribution < -0.4 is 11.1 Å². The van der Waals surface area contributed by atoms with Crippen LogP contribution in [-0.2, 0) is 14.3 Å². The summed E-state index contributed by atoms with van der Waals surface area (Å²) in [5, 5.41) is 3.09. The molecule has 0 fully saturated rings. The quantitative estimate of drug-likeness (QED) is 0.553. The molecule has 6 nitrogen and oxygen atoms in total. The highest BCUT2D eigenvalue weighted by Gasteiger charge is 2.12. The van der Waals surface area contributed by atoms with Crippen LogP contribution in [0.25, 0.3) is 0 Å². The second-order valence-corrected chi connectivity index (χ2v) is 6.27. The first-order valence-corrected chi connectivity index (χ1v) is 8.23. The average Bonchev–Trinajstić information content (AvgIpc) is 2.36. The fourth-order valence-corrected chi connectivity index (χ4v) is 2.18. The third-order valence-corrected chi connectivity index (χ3v) is 3.26. The van der Waals surface area contributed by atoms with Gasteiger partial charge in [-0.3, -0.25) is 8.98 Å². The van der Waals surface area contributed by atoms with Gasteiger partial charge in [0.1, 0.15) is 0 Å². The Morgan fingerprint density at radius 1 is 1.40 bits per heavy atom. The lowest BCUT2D eigenvalue weighted by Crippen LogP contribution is -2.27. The molecule has 1 atom stereocenters. The van der Waals surface area contributed by atoms with Gasteiger partial charge >= 0.3 is 0 Å². The molecule has 112 valence electrons. The summed E-state index contributed by atoms with van der Waals surface area (Å²) < 4.78 is 26.7. The molecule has 0 radical (unpaired) electrons. The monoisotopic (exact) mass is 320 g/mol. The molecule has 0 aliphatic carbocycles. The second-order valence-electron chi connectivity index (χ2n) is 4.25. The molecule has 3 N–H and O–H groups in total. The van der Waals surface area contributed by atoms with Crippen molar-refractivity contribution in [3.05, 3.63) is 29.8 Å². The Morgan fingerprint density at radius 3 is 2.45 bits per heavy atom. The van der Waals surface area contributed by atoms with Crippen molar-refractivity contribution < 1.29 is 17.4 Å². The maximum Gasteiger partial charge on any atom is 0.264 e. The van der Waals surface area contributed by atoms with Crippen LogP contribution in [0, 0.1) is 0 Å². The van der Waals surface area contributed by atoms with Gasteiger partial charge in [-0.05, 0) is 30.7 Å². The average molecular weight is 321 g/mol. The molecule has 0 aliphatic heterocycles. The summed E-state index contributed by atoms with van der Waals surface area (Å²) in [5.41, 5.74) is 6.27. The Kier molecular flexibility index (Phi) is 6.25. The molecule has 0 heterocycles. The number of hydrogen-bond donors (Lipinski definition) is 2. The molecule has 1 unspecified atom stereocenters. The molecule has 1 aromatic rings. The van der Waals surface area contributed by atoms with E-state index >= 15 is 0 Å². The van der Waals surface area contributed by atoms with Crippen LogP contribution in [0.3, 0.4) is 0 Å². The number of nitrogens with one attached hydrogen (secondary N) is 1. The van der Waals surface area contributed by atoms with E-state index in [0.29, 0.717) is 17.9 Å². The Bertz CT molecular complexity index is 545. The van der Waals surface area contributed by atoms with E-state index in [0.717, 1.165) is 11.9 Å². The molecule has 0 aliphatic rings. The standard InChI is InChI=1S/C12H17ClN2O4S/c1-20(17,18)19-8-11(6-7-13)15-10-4-2-9(3-5-10)12(14)16/h2-5,11,15H,6-8H2,1H3,(H2,14,16). The summed E-state index contributed by atoms with van der Waals surface area (Å²) in [6, 6.07) is 6.28. The van der Waals surface area contributed by atoms with Gasteiger partial charge in [-0.1, -0.05) is 0 Å². The number of carbonyl (C=O) groups is 1. The molecular formula is C12H17ClN2O4S. The summed E-state index contributed by atoms with van der Waals surface area (Å²) in [7, 11) is -3.49. The zero-order valence-electron chi connectivity index (χ0n) is 11.0. The summed E-state index contributed by atoms with van der Waals surface area (Å²) in [6.07, 6.45) is 1.53. The van der Waals surface area contributed by atoms with Crippen LogP contribution in [-0.4, -0.2) is 39.1 Å². The van der Waals surface area contributed by atoms with Crippen molar-refractivity contribution in [3.8, 4) is 0 Å². The molecule has 0 saturated carbocycles. The predicted molar refractivity (Wildman–Crippen MR) is 78.5 cm³/mol. The van der Waals surface area contributed by atoms with Crippen LogP contribution in [0.5, 0.6) is 0 Å². The van der Waals surface area contributed by atoms with Gasteiger partial charge in [0.15, 0.2) is 0 Å². The summed E-state index contributed by atoms with van der Waals surface area (Å²) >= 11 is 5.67. The number of primary amides is 1. The second kappa shape index (κ2) is 7.47. The lowest BCUT2D eigenvalue weighted by atomic mass is 10.1. The number of carbonyl (C=O) groups excluding carboxylic acids is 1. The Morgan fingerprint density at radius 2 is 2.00 bits per heavy atom. The van der Waals surface area contributed by atoms with Gasteiger partial charge < -0.3 is 11.1 Å². The first-order chi connectivity index (χ1) is 9.31. The van der Waals surface area contributed by atoms with E-state index in [-0.39, 0.29) is 12.6 Å². The van der Waals surface area contributed by atoms with Gasteiger partial charge in [-0.2, -0.15) is 8.42 Å². The smallest absolute Gasteiger partial charge is 0.264 e. The molecule has 1 aromatic carbocycles. The first kappa shape index (κ1) is 16.7. The minimum atomic E-state index is -3.49. The van der Waals surface area contributed by atoms with Crippen LogP contribution >= 0.6 is 11.6 Å². The van der Waals surface area contributed by atoms with Gasteiger partial charge in [0.2, 0.25) is 5.91 Å². The first-order valence-electron chi connectivity index (χ1n) is 5.88. The number of amides is 1. The molecule has 0 saturated heterocycles. The van der Waals surface area contributed by atoms with Crippen molar-refractivity contribution in [2.45, 2.75) is 12.5 Å². The fourth-order valence-electron chi connectivity index (χ4n) is 1.50. The summed E-state index contributed by atoms with van der Waals surface area (Å²) in [6.45, 7) is -0.0108. The molecule has 0 aromatic heterocycles. The molecule has 1 amide bonds. The lowest BCUT2D eigenvalue weighted by Gasteiger charge is -2.18. The van der Waals surface area contributed by atoms with Crippen LogP contribution in [0.4, 0.5) is 5.69 Å². The van der Waals surface area contributed by atoms with Crippen molar-refractivity contribution in [2.24, 2.45) is 5.73 Å². The maximum atomic E-state index is 11.0. The molecule has 8 heteroatoms. The highest BCUT2D eigenvalue weighted by molar-refractivity contribution is 7.85. The number of rotatable bonds is 8. The minimum Gasteiger partial charge on any atom is -0.380 e. The van der Waals surface area contributed by atoms with E-state index < -0.39 is 16.0 Å². The van der Waals surface area contributed by atoms with Crippen molar-refractivity contribution >= 4 is 33.3 Å². The number of hydrogen-bond acceptors (Lipinski definition) is 5. The Balaban J connectivity index is 2.67. The molecule has 20 heavy (non-hydrogen) atoms. The third-order valence-electron chi connectivity index (χ3n) is 2.48. The molecule has 0 spiro atoms. The van der Waals surface area contributed by atoms with E-state index in [9.17, 15) is 13.2 Å². The topological polar surface area (TPSA) is 98.5 Å². The molecule has 0 bridgehead atoms. The lowest BCUT2D eigenvalue weighted by molar-refractivity contribution is 0.100. The number of nitrogens with two attached hydrogens (primary N) is 1. The van der Waals surface area contributed by atoms with Crippen LogP contribution in [0.2, 0.25) is 0 Å². The largest absolute Gasteiger partial charge is 0.380 e. The minimum absolute atomic E-state index is 0.0108. The van der Waals surface area contributed by atoms with E-state index in [1.54, 1.807) is 24.3 Å². The van der Waals surface area contributed by atoms with Gasteiger partial charge in [0.25, 0.3) is 10.1 Å². The highest BCUT2D eigenvalue weighted by Crippen LogP contribution is 2.13. The van der Waals surface area contributed by atoms with E-state index in [1.807, 2.05) is 0 Å².